The first-order valence-electron chi connectivity index (χ1n) is 6.73. The average molecular weight is 296 g/mol. The van der Waals surface area contributed by atoms with Crippen LogP contribution in [0.5, 0.6) is 0 Å². The summed E-state index contributed by atoms with van der Waals surface area (Å²) in [4.78, 5) is 2.68. The van der Waals surface area contributed by atoms with E-state index in [-0.39, 0.29) is 0 Å². The molecule has 1 rings (SSSR count). The van der Waals surface area contributed by atoms with Crippen molar-refractivity contribution in [3.63, 3.8) is 0 Å². The molecule has 0 aliphatic rings. The molecule has 0 unspecified atom stereocenters. The van der Waals surface area contributed by atoms with Gasteiger partial charge in [0.15, 0.2) is 0 Å². The van der Waals surface area contributed by atoms with Gasteiger partial charge in [-0.1, -0.05) is 23.8 Å². The molecule has 0 aromatic heterocycles. The lowest BCUT2D eigenvalue weighted by Gasteiger charge is -2.27. The minimum Gasteiger partial charge on any atom is -0.389 e. The lowest BCUT2D eigenvalue weighted by molar-refractivity contribution is 0.191. The van der Waals surface area contributed by atoms with Crippen LogP contribution in [-0.2, 0) is 9.47 Å². The molecule has 112 valence electrons. The molecule has 0 fully saturated rings. The molecule has 0 saturated carbocycles. The maximum Gasteiger partial charge on any atom is 0.106 e. The molecule has 4 nitrogen and oxygen atoms in total. The Morgan fingerprint density at radius 3 is 2.50 bits per heavy atom. The smallest absolute Gasteiger partial charge is 0.106 e. The van der Waals surface area contributed by atoms with Crippen molar-refractivity contribution in [2.75, 3.05) is 45.4 Å². The van der Waals surface area contributed by atoms with E-state index < -0.39 is 0 Å². The summed E-state index contributed by atoms with van der Waals surface area (Å²) in [6.45, 7) is 5.13. The first-order chi connectivity index (χ1) is 9.60. The fraction of sp³-hybridized carbons (Fsp3) is 0.533. The lowest BCUT2D eigenvalue weighted by Crippen LogP contribution is -2.31. The number of thiocarbonyl (C=S) groups is 1. The minimum atomic E-state index is 0.429. The maximum absolute atomic E-state index is 5.85. The Labute approximate surface area is 126 Å². The van der Waals surface area contributed by atoms with Crippen molar-refractivity contribution in [1.82, 2.24) is 0 Å². The fourth-order valence-electron chi connectivity index (χ4n) is 2.08. The quantitative estimate of drug-likeness (QED) is 0.559. The zero-order valence-corrected chi connectivity index (χ0v) is 13.3. The molecule has 1 aromatic rings. The monoisotopic (exact) mass is 296 g/mol. The number of benzene rings is 1. The molecule has 0 saturated heterocycles. The second-order valence-electron chi connectivity index (χ2n) is 4.71. The molecule has 0 aliphatic carbocycles. The van der Waals surface area contributed by atoms with Gasteiger partial charge < -0.3 is 20.1 Å². The highest BCUT2D eigenvalue weighted by Gasteiger charge is 2.13. The van der Waals surface area contributed by atoms with E-state index in [1.807, 2.05) is 13.0 Å². The molecule has 0 atom stereocenters. The second-order valence-corrected chi connectivity index (χ2v) is 5.15. The highest BCUT2D eigenvalue weighted by molar-refractivity contribution is 7.80. The first kappa shape index (κ1) is 16.9. The third-order valence-corrected chi connectivity index (χ3v) is 3.32. The zero-order valence-electron chi connectivity index (χ0n) is 12.5. The van der Waals surface area contributed by atoms with Crippen molar-refractivity contribution in [2.24, 2.45) is 5.73 Å². The van der Waals surface area contributed by atoms with E-state index in [9.17, 15) is 0 Å². The molecular weight excluding hydrogens is 272 g/mol. The summed E-state index contributed by atoms with van der Waals surface area (Å²) < 4.78 is 10.3. The molecule has 0 heterocycles. The molecule has 0 aliphatic heterocycles. The van der Waals surface area contributed by atoms with Crippen molar-refractivity contribution in [2.45, 2.75) is 13.3 Å². The second kappa shape index (κ2) is 8.89. The van der Waals surface area contributed by atoms with E-state index in [4.69, 9.17) is 27.4 Å². The van der Waals surface area contributed by atoms with Crippen LogP contribution in [0.15, 0.2) is 18.2 Å². The number of methoxy groups -OCH3 is 2. The molecule has 20 heavy (non-hydrogen) atoms. The van der Waals surface area contributed by atoms with Crippen LogP contribution < -0.4 is 10.6 Å². The van der Waals surface area contributed by atoms with E-state index in [0.29, 0.717) is 11.6 Å². The third kappa shape index (κ3) is 5.07. The van der Waals surface area contributed by atoms with Crippen molar-refractivity contribution >= 4 is 22.9 Å². The van der Waals surface area contributed by atoms with Gasteiger partial charge in [-0.3, -0.25) is 0 Å². The highest BCUT2D eigenvalue weighted by Crippen LogP contribution is 2.22. The van der Waals surface area contributed by atoms with Crippen LogP contribution >= 0.6 is 12.2 Å². The van der Waals surface area contributed by atoms with Gasteiger partial charge in [0.2, 0.25) is 0 Å². The molecule has 1 aromatic carbocycles. The number of nitrogens with two attached hydrogens (primary N) is 1. The Bertz CT molecular complexity index is 438. The SMILES string of the molecule is COCCCN(CCOC)c1ccc(C)cc1C(N)=S. The van der Waals surface area contributed by atoms with Gasteiger partial charge in [0.05, 0.1) is 6.61 Å². The molecule has 5 heteroatoms. The maximum atomic E-state index is 5.85. The van der Waals surface area contributed by atoms with Crippen LogP contribution in [0.3, 0.4) is 0 Å². The Kier molecular flexibility index (Phi) is 7.51. The third-order valence-electron chi connectivity index (χ3n) is 3.10. The predicted octanol–water partition coefficient (Wildman–Crippen LogP) is 2.12. The zero-order chi connectivity index (χ0) is 15.0. The number of hydrogen-bond donors (Lipinski definition) is 1. The number of hydrogen-bond acceptors (Lipinski definition) is 4. The molecule has 0 amide bonds. The Hall–Kier alpha value is -1.17. The number of ether oxygens (including phenoxy) is 2. The van der Waals surface area contributed by atoms with Crippen LogP contribution in [0.1, 0.15) is 17.5 Å². The van der Waals surface area contributed by atoms with E-state index >= 15 is 0 Å². The van der Waals surface area contributed by atoms with Gasteiger partial charge in [0.25, 0.3) is 0 Å². The fourth-order valence-corrected chi connectivity index (χ4v) is 2.24. The van der Waals surface area contributed by atoms with Gasteiger partial charge in [0, 0.05) is 45.2 Å². The van der Waals surface area contributed by atoms with Crippen molar-refractivity contribution in [3.05, 3.63) is 29.3 Å². The predicted molar refractivity (Wildman–Crippen MR) is 87.6 cm³/mol. The Morgan fingerprint density at radius 2 is 1.90 bits per heavy atom. The summed E-state index contributed by atoms with van der Waals surface area (Å²) in [7, 11) is 3.42. The summed E-state index contributed by atoms with van der Waals surface area (Å²) in [5, 5.41) is 0. The van der Waals surface area contributed by atoms with Crippen LogP contribution in [0.2, 0.25) is 0 Å². The van der Waals surface area contributed by atoms with E-state index in [0.717, 1.165) is 42.9 Å². The van der Waals surface area contributed by atoms with E-state index in [2.05, 4.69) is 17.0 Å². The molecule has 0 bridgehead atoms. The number of anilines is 1. The minimum absolute atomic E-state index is 0.429. The molecule has 0 radical (unpaired) electrons. The van der Waals surface area contributed by atoms with Crippen LogP contribution in [0, 0.1) is 6.92 Å². The summed E-state index contributed by atoms with van der Waals surface area (Å²) in [6, 6.07) is 6.19. The summed E-state index contributed by atoms with van der Waals surface area (Å²) in [5.41, 5.74) is 9.00. The van der Waals surface area contributed by atoms with E-state index in [1.165, 1.54) is 0 Å². The lowest BCUT2D eigenvalue weighted by atomic mass is 10.1. The number of rotatable bonds is 9. The van der Waals surface area contributed by atoms with Gasteiger partial charge >= 0.3 is 0 Å². The number of aryl methyl sites for hydroxylation is 1. The Balaban J connectivity index is 2.95. The largest absolute Gasteiger partial charge is 0.389 e. The molecule has 0 spiro atoms. The standard InChI is InChI=1S/C15H24N2O2S/c1-12-5-6-14(13(11-12)15(16)20)17(8-10-19-3)7-4-9-18-2/h5-6,11H,4,7-10H2,1-3H3,(H2,16,20). The molecular formula is C15H24N2O2S. The highest BCUT2D eigenvalue weighted by atomic mass is 32.1. The van der Waals surface area contributed by atoms with Crippen molar-refractivity contribution < 1.29 is 9.47 Å². The van der Waals surface area contributed by atoms with Crippen LogP contribution in [0.4, 0.5) is 5.69 Å². The van der Waals surface area contributed by atoms with Gasteiger partial charge in [-0.05, 0) is 25.5 Å². The Morgan fingerprint density at radius 1 is 1.20 bits per heavy atom. The van der Waals surface area contributed by atoms with Crippen LogP contribution in [0.25, 0.3) is 0 Å². The first-order valence-corrected chi connectivity index (χ1v) is 7.14. The summed E-state index contributed by atoms with van der Waals surface area (Å²) in [5.74, 6) is 0. The van der Waals surface area contributed by atoms with Crippen LogP contribution in [-0.4, -0.2) is 45.5 Å². The topological polar surface area (TPSA) is 47.7 Å². The van der Waals surface area contributed by atoms with Gasteiger partial charge in [-0.2, -0.15) is 0 Å². The van der Waals surface area contributed by atoms with Crippen molar-refractivity contribution in [3.8, 4) is 0 Å². The van der Waals surface area contributed by atoms with Gasteiger partial charge in [-0.15, -0.1) is 0 Å². The van der Waals surface area contributed by atoms with E-state index in [1.54, 1.807) is 14.2 Å². The average Bonchev–Trinajstić information content (AvgIpc) is 2.43. The summed E-state index contributed by atoms with van der Waals surface area (Å²) in [6.07, 6.45) is 0.949. The number of nitrogens with zero attached hydrogens (tertiary/aromatic N) is 1. The van der Waals surface area contributed by atoms with Gasteiger partial charge in [-0.25, -0.2) is 0 Å². The van der Waals surface area contributed by atoms with Crippen molar-refractivity contribution in [1.29, 1.82) is 0 Å². The summed E-state index contributed by atoms with van der Waals surface area (Å²) >= 11 is 5.17. The van der Waals surface area contributed by atoms with Gasteiger partial charge in [0.1, 0.15) is 4.99 Å². The molecule has 2 N–H and O–H groups in total. The normalized spacial score (nSPS) is 10.6.